The third-order valence-corrected chi connectivity index (χ3v) is 8.32. The van der Waals surface area contributed by atoms with Gasteiger partial charge in [-0.2, -0.15) is 0 Å². The number of amides is 3. The molecule has 2 atom stereocenters. The van der Waals surface area contributed by atoms with E-state index in [2.05, 4.69) is 19.2 Å². The highest BCUT2D eigenvalue weighted by molar-refractivity contribution is 6.35. The number of para-hydroxylation sites is 1. The average Bonchev–Trinajstić information content (AvgIpc) is 3.35. The van der Waals surface area contributed by atoms with Gasteiger partial charge in [0.05, 0.1) is 12.2 Å². The lowest BCUT2D eigenvalue weighted by Crippen LogP contribution is -2.56. The molecule has 0 saturated carbocycles. The van der Waals surface area contributed by atoms with E-state index in [9.17, 15) is 14.4 Å². The highest BCUT2D eigenvalue weighted by Crippen LogP contribution is 2.34. The van der Waals surface area contributed by atoms with Crippen LogP contribution in [0.15, 0.2) is 36.4 Å². The summed E-state index contributed by atoms with van der Waals surface area (Å²) in [6.07, 6.45) is 2.12. The van der Waals surface area contributed by atoms with E-state index in [1.165, 1.54) is 6.07 Å². The van der Waals surface area contributed by atoms with Crippen molar-refractivity contribution in [3.63, 3.8) is 0 Å². The van der Waals surface area contributed by atoms with Gasteiger partial charge in [0.1, 0.15) is 11.9 Å². The van der Waals surface area contributed by atoms with Gasteiger partial charge >= 0.3 is 0 Å². The lowest BCUT2D eigenvalue weighted by atomic mass is 9.94. The summed E-state index contributed by atoms with van der Waals surface area (Å²) in [4.78, 5) is 43.5. The molecule has 3 N–H and O–H groups in total. The van der Waals surface area contributed by atoms with E-state index >= 15 is 4.39 Å². The Morgan fingerprint density at radius 3 is 2.41 bits per heavy atom. The molecule has 3 amide bonds. The largest absolute Gasteiger partial charge is 0.369 e. The highest BCUT2D eigenvalue weighted by atomic mass is 35.5. The first-order valence-corrected chi connectivity index (χ1v) is 14.9. The maximum atomic E-state index is 15.4. The van der Waals surface area contributed by atoms with Crippen molar-refractivity contribution in [2.45, 2.75) is 51.6 Å². The van der Waals surface area contributed by atoms with E-state index in [1.54, 1.807) is 34.1 Å². The molecule has 41 heavy (non-hydrogen) atoms. The zero-order valence-electron chi connectivity index (χ0n) is 23.5. The summed E-state index contributed by atoms with van der Waals surface area (Å²) in [5, 5.41) is 4.15. The summed E-state index contributed by atoms with van der Waals surface area (Å²) in [5.41, 5.74) is 7.37. The van der Waals surface area contributed by atoms with Crippen molar-refractivity contribution >= 4 is 46.6 Å². The third kappa shape index (κ3) is 7.70. The first-order chi connectivity index (χ1) is 19.5. The Bertz CT molecular complexity index is 1270. The van der Waals surface area contributed by atoms with E-state index in [-0.39, 0.29) is 30.2 Å². The lowest BCUT2D eigenvalue weighted by Gasteiger charge is -2.40. The number of nitrogens with one attached hydrogen (secondary N) is 1. The number of hydrogen-bond donors (Lipinski definition) is 2. The summed E-state index contributed by atoms with van der Waals surface area (Å²) in [5.74, 6) is -0.710. The number of nitrogens with zero attached hydrogens (tertiary/aromatic N) is 3. The molecule has 8 nitrogen and oxygen atoms in total. The lowest BCUT2D eigenvalue weighted by molar-refractivity contribution is -0.143. The quantitative estimate of drug-likeness (QED) is 0.400. The van der Waals surface area contributed by atoms with Crippen LogP contribution in [0.5, 0.6) is 0 Å². The summed E-state index contributed by atoms with van der Waals surface area (Å²) >= 11 is 12.5. The molecule has 0 radical (unpaired) electrons. The fraction of sp³-hybridized carbons (Fsp3) is 0.500. The van der Waals surface area contributed by atoms with Crippen molar-refractivity contribution in [2.75, 3.05) is 44.2 Å². The maximum absolute atomic E-state index is 15.4. The molecule has 2 aromatic carbocycles. The molecule has 4 rings (SSSR count). The minimum absolute atomic E-state index is 0.0101. The van der Waals surface area contributed by atoms with Gasteiger partial charge < -0.3 is 25.8 Å². The number of benzene rings is 2. The van der Waals surface area contributed by atoms with Crippen LogP contribution >= 0.6 is 23.2 Å². The van der Waals surface area contributed by atoms with Crippen LogP contribution in [-0.2, 0) is 20.8 Å². The second kappa shape index (κ2) is 13.9. The summed E-state index contributed by atoms with van der Waals surface area (Å²) in [6, 6.07) is 9.21. The van der Waals surface area contributed by atoms with E-state index in [4.69, 9.17) is 28.9 Å². The van der Waals surface area contributed by atoms with Crippen molar-refractivity contribution in [2.24, 2.45) is 11.7 Å². The minimum atomic E-state index is -0.673. The highest BCUT2D eigenvalue weighted by Gasteiger charge is 2.37. The Hall–Kier alpha value is -2.88. The number of carbonyl (C=O) groups excluding carboxylic acids is 3. The smallest absolute Gasteiger partial charge is 0.245 e. The molecule has 0 spiro atoms. The van der Waals surface area contributed by atoms with Gasteiger partial charge in [-0.1, -0.05) is 55.2 Å². The van der Waals surface area contributed by atoms with Crippen molar-refractivity contribution in [3.05, 3.63) is 63.4 Å². The van der Waals surface area contributed by atoms with Crippen LogP contribution in [-0.4, -0.2) is 72.8 Å². The Labute approximate surface area is 250 Å². The summed E-state index contributed by atoms with van der Waals surface area (Å²) < 4.78 is 15.4. The molecule has 2 aliphatic rings. The molecular weight excluding hydrogens is 568 g/mol. The Balaban J connectivity index is 1.52. The number of primary amides is 1. The predicted octanol–water partition coefficient (Wildman–Crippen LogP) is 4.18. The second-order valence-electron chi connectivity index (χ2n) is 11.2. The van der Waals surface area contributed by atoms with Crippen molar-refractivity contribution in [3.8, 4) is 0 Å². The molecule has 2 aliphatic heterocycles. The van der Waals surface area contributed by atoms with Crippen molar-refractivity contribution in [1.29, 1.82) is 0 Å². The predicted molar refractivity (Wildman–Crippen MR) is 159 cm³/mol. The van der Waals surface area contributed by atoms with Crippen LogP contribution in [0.1, 0.15) is 50.3 Å². The Morgan fingerprint density at radius 2 is 1.80 bits per heavy atom. The van der Waals surface area contributed by atoms with E-state index in [0.29, 0.717) is 80.1 Å². The normalized spacial score (nSPS) is 17.3. The average molecular weight is 607 g/mol. The molecule has 0 aliphatic carbocycles. The van der Waals surface area contributed by atoms with E-state index < -0.39 is 11.9 Å². The zero-order chi connectivity index (χ0) is 29.7. The standard InChI is InChI=1S/C30H38Cl2FN5O3/c1-19(2)15-25(35-18-27(34)39)22-5-3-6-24(33)29(22)36-11-13-37(14-12-36)30(41)26(38-10-4-7-28(38)40)16-20-8-9-21(31)17-23(20)32/h3,5-6,8-9,17,19,25-26,35H,4,7,10-16,18H2,1-2H3,(H2,34,39). The number of carbonyl (C=O) groups is 3. The number of likely N-dealkylation sites (tertiary alicyclic amines) is 1. The SMILES string of the molecule is CC(C)CC(NCC(N)=O)c1cccc(F)c1N1CCN(C(=O)C(Cc2ccc(Cl)cc2Cl)N2CCCC2=O)CC1. The first kappa shape index (κ1) is 31.1. The topological polar surface area (TPSA) is 99.0 Å². The zero-order valence-corrected chi connectivity index (χ0v) is 25.1. The summed E-state index contributed by atoms with van der Waals surface area (Å²) in [6.45, 7) is 6.26. The van der Waals surface area contributed by atoms with Crippen molar-refractivity contribution < 1.29 is 18.8 Å². The third-order valence-electron chi connectivity index (χ3n) is 7.73. The van der Waals surface area contributed by atoms with Crippen molar-refractivity contribution in [1.82, 2.24) is 15.1 Å². The Kier molecular flexibility index (Phi) is 10.5. The number of nitrogens with two attached hydrogens (primary N) is 1. The monoisotopic (exact) mass is 605 g/mol. The number of piperazine rings is 1. The van der Waals surface area contributed by atoms with E-state index in [0.717, 1.165) is 11.1 Å². The molecule has 222 valence electrons. The fourth-order valence-electron chi connectivity index (χ4n) is 5.75. The molecule has 2 unspecified atom stereocenters. The first-order valence-electron chi connectivity index (χ1n) is 14.1. The number of anilines is 1. The van der Waals surface area contributed by atoms with Crippen LogP contribution in [0.4, 0.5) is 10.1 Å². The molecule has 0 aromatic heterocycles. The molecule has 0 bridgehead atoms. The van der Waals surface area contributed by atoms with Crippen LogP contribution in [0.3, 0.4) is 0 Å². The Morgan fingerprint density at radius 1 is 1.07 bits per heavy atom. The fourth-order valence-corrected chi connectivity index (χ4v) is 6.23. The van der Waals surface area contributed by atoms with E-state index in [1.807, 2.05) is 11.0 Å². The molecule has 11 heteroatoms. The van der Waals surface area contributed by atoms with Gasteiger partial charge in [0.2, 0.25) is 17.7 Å². The molecule has 2 aromatic rings. The van der Waals surface area contributed by atoms with Gasteiger partial charge in [-0.3, -0.25) is 14.4 Å². The van der Waals surface area contributed by atoms with Crippen LogP contribution < -0.4 is 16.0 Å². The van der Waals surface area contributed by atoms with Gasteiger partial charge in [0.25, 0.3) is 0 Å². The van der Waals surface area contributed by atoms with Gasteiger partial charge in [0.15, 0.2) is 0 Å². The minimum Gasteiger partial charge on any atom is -0.369 e. The number of halogens is 3. The van der Waals surface area contributed by atoms with Gasteiger partial charge in [0, 0.05) is 61.7 Å². The number of hydrogen-bond acceptors (Lipinski definition) is 5. The number of rotatable bonds is 11. The van der Waals surface area contributed by atoms with Crippen LogP contribution in [0.25, 0.3) is 0 Å². The molecule has 2 fully saturated rings. The molecule has 2 saturated heterocycles. The van der Waals surface area contributed by atoms with Gasteiger partial charge in [-0.05, 0) is 48.1 Å². The van der Waals surface area contributed by atoms with Crippen LogP contribution in [0, 0.1) is 11.7 Å². The molecule has 2 heterocycles. The van der Waals surface area contributed by atoms with Crippen LogP contribution in [0.2, 0.25) is 10.0 Å². The van der Waals surface area contributed by atoms with Gasteiger partial charge in [-0.15, -0.1) is 0 Å². The maximum Gasteiger partial charge on any atom is 0.245 e. The summed E-state index contributed by atoms with van der Waals surface area (Å²) in [7, 11) is 0. The molecular formula is C30H38Cl2FN5O3. The second-order valence-corrected chi connectivity index (χ2v) is 12.0. The van der Waals surface area contributed by atoms with Gasteiger partial charge in [-0.25, -0.2) is 4.39 Å².